The molecule has 0 unspecified atom stereocenters. The third-order valence-corrected chi connectivity index (χ3v) is 3.78. The molecule has 0 radical (unpaired) electrons. The highest BCUT2D eigenvalue weighted by Gasteiger charge is 2.50. The zero-order valence-corrected chi connectivity index (χ0v) is 11.9. The van der Waals surface area contributed by atoms with Gasteiger partial charge in [0.25, 0.3) is 0 Å². The van der Waals surface area contributed by atoms with Gasteiger partial charge in [-0.1, -0.05) is 62.4 Å². The number of terminal acetylenes is 1. The van der Waals surface area contributed by atoms with Crippen molar-refractivity contribution in [2.24, 2.45) is 0 Å². The van der Waals surface area contributed by atoms with Crippen LogP contribution in [0.25, 0.3) is 5.57 Å². The minimum Gasteiger partial charge on any atom is -0.362 e. The Morgan fingerprint density at radius 3 is 2.74 bits per heavy atom. The molecule has 1 heteroatoms. The summed E-state index contributed by atoms with van der Waals surface area (Å²) in [6.45, 7) is 4.41. The summed E-state index contributed by atoms with van der Waals surface area (Å²) in [5, 5.41) is 0. The highest BCUT2D eigenvalue weighted by atomic mass is 16.6. The molecule has 19 heavy (non-hydrogen) atoms. The van der Waals surface area contributed by atoms with Gasteiger partial charge in [0.2, 0.25) is 0 Å². The number of rotatable bonds is 6. The van der Waals surface area contributed by atoms with Crippen molar-refractivity contribution in [2.45, 2.75) is 51.2 Å². The Balaban J connectivity index is 2.00. The van der Waals surface area contributed by atoms with E-state index in [9.17, 15) is 0 Å². The predicted octanol–water partition coefficient (Wildman–Crippen LogP) is 4.44. The molecule has 1 fully saturated rings. The molecule has 1 aliphatic heterocycles. The minimum absolute atomic E-state index is 0.00600. The Kier molecular flexibility index (Phi) is 4.45. The molecule has 1 aromatic rings. The van der Waals surface area contributed by atoms with E-state index in [1.54, 1.807) is 0 Å². The molecule has 0 spiro atoms. The second-order valence-corrected chi connectivity index (χ2v) is 5.40. The fourth-order valence-electron chi connectivity index (χ4n) is 2.39. The molecule has 2 rings (SSSR count). The van der Waals surface area contributed by atoms with E-state index < -0.39 is 0 Å². The molecule has 1 heterocycles. The fraction of sp³-hybridized carbons (Fsp3) is 0.444. The maximum Gasteiger partial charge on any atom is 0.107 e. The van der Waals surface area contributed by atoms with Gasteiger partial charge in [-0.15, -0.1) is 6.42 Å². The van der Waals surface area contributed by atoms with Crippen LogP contribution in [0.5, 0.6) is 0 Å². The molecular weight excluding hydrogens is 232 g/mol. The number of hydrogen-bond donors (Lipinski definition) is 0. The monoisotopic (exact) mass is 254 g/mol. The second kappa shape index (κ2) is 6.08. The first-order valence-corrected chi connectivity index (χ1v) is 7.11. The lowest BCUT2D eigenvalue weighted by molar-refractivity contribution is 0.296. The predicted molar refractivity (Wildman–Crippen MR) is 80.7 cm³/mol. The fourth-order valence-corrected chi connectivity index (χ4v) is 2.39. The van der Waals surface area contributed by atoms with Gasteiger partial charge in [0, 0.05) is 5.57 Å². The second-order valence-electron chi connectivity index (χ2n) is 5.40. The van der Waals surface area contributed by atoms with Crippen molar-refractivity contribution in [3.63, 3.8) is 0 Å². The van der Waals surface area contributed by atoms with Crippen LogP contribution in [0.3, 0.4) is 0 Å². The van der Waals surface area contributed by atoms with Crippen molar-refractivity contribution in [3.05, 3.63) is 42.0 Å². The standard InChI is InChI=1S/C18H22O/c1-4-6-10-13-18(3)17(19-18)14-15(5-2)16-11-8-7-9-12-16/h2,7-9,11-12,14,17H,4,6,10,13H2,1,3H3/b15-14+/t17-,18-/m0/s1. The van der Waals surface area contributed by atoms with Crippen molar-refractivity contribution < 1.29 is 4.74 Å². The Bertz CT molecular complexity index is 480. The van der Waals surface area contributed by atoms with E-state index in [-0.39, 0.29) is 11.7 Å². The third kappa shape index (κ3) is 3.49. The lowest BCUT2D eigenvalue weighted by atomic mass is 9.97. The van der Waals surface area contributed by atoms with Gasteiger partial charge in [-0.3, -0.25) is 0 Å². The van der Waals surface area contributed by atoms with Crippen molar-refractivity contribution in [2.75, 3.05) is 0 Å². The van der Waals surface area contributed by atoms with Crippen molar-refractivity contribution in [1.82, 2.24) is 0 Å². The number of epoxide rings is 1. The van der Waals surface area contributed by atoms with E-state index in [1.807, 2.05) is 30.3 Å². The number of allylic oxidation sites excluding steroid dienone is 1. The minimum atomic E-state index is 0.00600. The third-order valence-electron chi connectivity index (χ3n) is 3.78. The van der Waals surface area contributed by atoms with Crippen molar-refractivity contribution in [3.8, 4) is 12.3 Å². The van der Waals surface area contributed by atoms with E-state index in [0.717, 1.165) is 17.6 Å². The first kappa shape index (κ1) is 13.9. The molecule has 100 valence electrons. The van der Waals surface area contributed by atoms with Gasteiger partial charge in [-0.2, -0.15) is 0 Å². The van der Waals surface area contributed by atoms with E-state index in [1.165, 1.54) is 19.3 Å². The van der Waals surface area contributed by atoms with Crippen LogP contribution in [0.15, 0.2) is 36.4 Å². The smallest absolute Gasteiger partial charge is 0.107 e. The van der Waals surface area contributed by atoms with Gasteiger partial charge in [0.1, 0.15) is 6.10 Å². The van der Waals surface area contributed by atoms with Gasteiger partial charge < -0.3 is 4.74 Å². The van der Waals surface area contributed by atoms with Gasteiger partial charge in [0.05, 0.1) is 5.60 Å². The Labute approximate surface area is 116 Å². The van der Waals surface area contributed by atoms with Crippen LogP contribution in [0.2, 0.25) is 0 Å². The summed E-state index contributed by atoms with van der Waals surface area (Å²) in [6, 6.07) is 10.1. The summed E-state index contributed by atoms with van der Waals surface area (Å²) in [5.41, 5.74) is 2.03. The zero-order valence-electron chi connectivity index (χ0n) is 11.9. The maximum absolute atomic E-state index is 5.83. The SMILES string of the molecule is C#C/C(=C\[C@@H]1O[C@@]1(C)CCCCC)c1ccccc1. The normalized spacial score (nSPS) is 25.9. The van der Waals surface area contributed by atoms with Crippen LogP contribution in [0.4, 0.5) is 0 Å². The molecule has 1 aliphatic rings. The number of ether oxygens (including phenoxy) is 1. The zero-order chi connectivity index (χ0) is 13.7. The van der Waals surface area contributed by atoms with Crippen LogP contribution in [-0.4, -0.2) is 11.7 Å². The molecule has 0 aliphatic carbocycles. The van der Waals surface area contributed by atoms with Gasteiger partial charge in [-0.05, 0) is 25.0 Å². The number of unbranched alkanes of at least 4 members (excludes halogenated alkanes) is 2. The van der Waals surface area contributed by atoms with Crippen LogP contribution < -0.4 is 0 Å². The molecular formula is C18H22O. The van der Waals surface area contributed by atoms with E-state index in [4.69, 9.17) is 11.2 Å². The maximum atomic E-state index is 5.83. The number of hydrogen-bond acceptors (Lipinski definition) is 1. The summed E-state index contributed by atoms with van der Waals surface area (Å²) in [4.78, 5) is 0. The molecule has 0 saturated carbocycles. The average Bonchev–Trinajstić information content (AvgIpc) is 3.08. The Morgan fingerprint density at radius 1 is 1.37 bits per heavy atom. The number of benzene rings is 1. The van der Waals surface area contributed by atoms with Gasteiger partial charge >= 0.3 is 0 Å². The van der Waals surface area contributed by atoms with E-state index in [0.29, 0.717) is 0 Å². The van der Waals surface area contributed by atoms with Crippen LogP contribution in [0.1, 0.15) is 45.1 Å². The summed E-state index contributed by atoms with van der Waals surface area (Å²) in [7, 11) is 0. The summed E-state index contributed by atoms with van der Waals surface area (Å²) in [5.74, 6) is 2.78. The first-order chi connectivity index (χ1) is 9.19. The van der Waals surface area contributed by atoms with Crippen LogP contribution >= 0.6 is 0 Å². The largest absolute Gasteiger partial charge is 0.362 e. The molecule has 1 aromatic carbocycles. The molecule has 1 saturated heterocycles. The van der Waals surface area contributed by atoms with E-state index in [2.05, 4.69) is 25.8 Å². The molecule has 2 atom stereocenters. The van der Waals surface area contributed by atoms with Crippen molar-refractivity contribution >= 4 is 5.57 Å². The topological polar surface area (TPSA) is 12.5 Å². The molecule has 1 nitrogen and oxygen atoms in total. The quantitative estimate of drug-likeness (QED) is 0.415. The summed E-state index contributed by atoms with van der Waals surface area (Å²) < 4.78 is 5.83. The highest BCUT2D eigenvalue weighted by molar-refractivity contribution is 5.78. The van der Waals surface area contributed by atoms with Gasteiger partial charge in [-0.25, -0.2) is 0 Å². The van der Waals surface area contributed by atoms with Gasteiger partial charge in [0.15, 0.2) is 0 Å². The lowest BCUT2D eigenvalue weighted by Gasteiger charge is -2.04. The molecule has 0 aromatic heterocycles. The van der Waals surface area contributed by atoms with Crippen molar-refractivity contribution in [1.29, 1.82) is 0 Å². The van der Waals surface area contributed by atoms with E-state index >= 15 is 0 Å². The van der Waals surface area contributed by atoms with Crippen LogP contribution in [-0.2, 0) is 4.74 Å². The summed E-state index contributed by atoms with van der Waals surface area (Å²) in [6.07, 6.45) is 12.8. The van der Waals surface area contributed by atoms with Crippen LogP contribution in [0, 0.1) is 12.3 Å². The molecule has 0 bridgehead atoms. The molecule has 0 amide bonds. The average molecular weight is 254 g/mol. The summed E-state index contributed by atoms with van der Waals surface area (Å²) >= 11 is 0. The Hall–Kier alpha value is -1.52. The lowest BCUT2D eigenvalue weighted by Crippen LogP contribution is -2.08. The molecule has 0 N–H and O–H groups in total. The Morgan fingerprint density at radius 2 is 2.11 bits per heavy atom. The first-order valence-electron chi connectivity index (χ1n) is 7.11. The highest BCUT2D eigenvalue weighted by Crippen LogP contribution is 2.42.